The van der Waals surface area contributed by atoms with E-state index in [2.05, 4.69) is 6.92 Å². The molecule has 0 aromatic rings. The lowest BCUT2D eigenvalue weighted by molar-refractivity contribution is -0.156. The van der Waals surface area contributed by atoms with Crippen LogP contribution in [0.5, 0.6) is 0 Å². The van der Waals surface area contributed by atoms with E-state index in [9.17, 15) is 10.2 Å². The third-order valence-electron chi connectivity index (χ3n) is 3.85. The maximum Gasteiger partial charge on any atom is 0.0953 e. The fourth-order valence-corrected chi connectivity index (χ4v) is 3.32. The Labute approximate surface area is 78.7 Å². The molecule has 0 amide bonds. The monoisotopic (exact) mass is 186 g/mol. The molecular weight excluding hydrogens is 168 g/mol. The molecule has 5 unspecified atom stereocenters. The van der Waals surface area contributed by atoms with Gasteiger partial charge < -0.3 is 14.9 Å². The Balaban J connectivity index is 2.18. The second-order valence-corrected chi connectivity index (χ2v) is 4.60. The lowest BCUT2D eigenvalue weighted by Gasteiger charge is -2.49. The van der Waals surface area contributed by atoms with Gasteiger partial charge in [0.25, 0.3) is 0 Å². The van der Waals surface area contributed by atoms with Crippen molar-refractivity contribution in [2.24, 2.45) is 17.8 Å². The molecular formula is C10H18O3. The van der Waals surface area contributed by atoms with Gasteiger partial charge in [0, 0.05) is 18.4 Å². The van der Waals surface area contributed by atoms with Crippen LogP contribution >= 0.6 is 0 Å². The van der Waals surface area contributed by atoms with E-state index in [0.717, 1.165) is 6.42 Å². The van der Waals surface area contributed by atoms with Gasteiger partial charge in [-0.05, 0) is 19.3 Å². The van der Waals surface area contributed by atoms with Crippen molar-refractivity contribution in [2.75, 3.05) is 13.2 Å². The van der Waals surface area contributed by atoms with Gasteiger partial charge in [-0.15, -0.1) is 0 Å². The van der Waals surface area contributed by atoms with E-state index >= 15 is 0 Å². The Kier molecular flexibility index (Phi) is 2.13. The first-order valence-corrected chi connectivity index (χ1v) is 5.04. The lowest BCUT2D eigenvalue weighted by atomic mass is 9.59. The highest BCUT2D eigenvalue weighted by Gasteiger charge is 2.62. The van der Waals surface area contributed by atoms with Crippen LogP contribution in [0, 0.1) is 17.8 Å². The fraction of sp³-hybridized carbons (Fsp3) is 1.00. The molecule has 3 nitrogen and oxygen atoms in total. The molecule has 5 atom stereocenters. The second-order valence-electron chi connectivity index (χ2n) is 4.60. The summed E-state index contributed by atoms with van der Waals surface area (Å²) in [4.78, 5) is 0. The Morgan fingerprint density at radius 2 is 2.08 bits per heavy atom. The molecule has 2 aliphatic rings. The van der Waals surface area contributed by atoms with Gasteiger partial charge in [0.1, 0.15) is 0 Å². The van der Waals surface area contributed by atoms with Crippen LogP contribution in [0.15, 0.2) is 0 Å². The molecule has 3 heteroatoms. The molecule has 2 fully saturated rings. The number of ether oxygens (including phenoxy) is 1. The van der Waals surface area contributed by atoms with Crippen LogP contribution in [0.2, 0.25) is 0 Å². The van der Waals surface area contributed by atoms with Crippen molar-refractivity contribution in [1.82, 2.24) is 0 Å². The van der Waals surface area contributed by atoms with Crippen LogP contribution in [0.4, 0.5) is 0 Å². The zero-order chi connectivity index (χ0) is 9.64. The summed E-state index contributed by atoms with van der Waals surface area (Å²) in [6.45, 7) is 4.44. The fourth-order valence-electron chi connectivity index (χ4n) is 3.32. The lowest BCUT2D eigenvalue weighted by Crippen LogP contribution is -2.55. The Morgan fingerprint density at radius 1 is 1.38 bits per heavy atom. The highest BCUT2D eigenvalue weighted by atomic mass is 16.5. The molecule has 0 aromatic carbocycles. The zero-order valence-electron chi connectivity index (χ0n) is 8.23. The first-order valence-electron chi connectivity index (χ1n) is 5.04. The maximum absolute atomic E-state index is 9.29. The first kappa shape index (κ1) is 9.44. The van der Waals surface area contributed by atoms with E-state index in [0.29, 0.717) is 11.8 Å². The van der Waals surface area contributed by atoms with E-state index in [-0.39, 0.29) is 30.8 Å². The summed E-state index contributed by atoms with van der Waals surface area (Å²) < 4.78 is 5.76. The summed E-state index contributed by atoms with van der Waals surface area (Å²) in [5.41, 5.74) is -0.313. The predicted octanol–water partition coefficient (Wildman–Crippen LogP) is 0.401. The summed E-state index contributed by atoms with van der Waals surface area (Å²) in [5, 5.41) is 18.5. The van der Waals surface area contributed by atoms with Crippen LogP contribution in [0.1, 0.15) is 20.3 Å². The van der Waals surface area contributed by atoms with Crippen molar-refractivity contribution in [3.63, 3.8) is 0 Å². The Morgan fingerprint density at radius 3 is 2.54 bits per heavy atom. The van der Waals surface area contributed by atoms with Gasteiger partial charge in [-0.25, -0.2) is 0 Å². The van der Waals surface area contributed by atoms with Crippen molar-refractivity contribution in [1.29, 1.82) is 0 Å². The Hall–Kier alpha value is -0.120. The van der Waals surface area contributed by atoms with Crippen LogP contribution in [0.3, 0.4) is 0 Å². The van der Waals surface area contributed by atoms with E-state index in [4.69, 9.17) is 4.74 Å². The minimum absolute atomic E-state index is 0.0899. The SMILES string of the molecule is CC1CC2(CO)OC(C)C(CO)C12. The number of rotatable bonds is 2. The standard InChI is InChI=1S/C10H18O3/c1-6-3-10(5-12)9(6)8(4-11)7(2)13-10/h6-9,11-12H,3-5H2,1-2H3. The number of hydrogen-bond acceptors (Lipinski definition) is 3. The molecule has 13 heavy (non-hydrogen) atoms. The van der Waals surface area contributed by atoms with Gasteiger partial charge in [-0.1, -0.05) is 6.92 Å². The van der Waals surface area contributed by atoms with Gasteiger partial charge in [0.15, 0.2) is 0 Å². The third kappa shape index (κ3) is 1.07. The molecule has 0 aromatic heterocycles. The van der Waals surface area contributed by atoms with Gasteiger partial charge in [0.05, 0.1) is 18.3 Å². The number of hydrogen-bond donors (Lipinski definition) is 2. The molecule has 2 rings (SSSR count). The summed E-state index contributed by atoms with van der Waals surface area (Å²) in [6.07, 6.45) is 1.03. The van der Waals surface area contributed by atoms with Gasteiger partial charge >= 0.3 is 0 Å². The minimum Gasteiger partial charge on any atom is -0.396 e. The third-order valence-corrected chi connectivity index (χ3v) is 3.85. The average Bonchev–Trinajstić information content (AvgIpc) is 2.33. The molecule has 0 radical (unpaired) electrons. The van der Waals surface area contributed by atoms with Crippen molar-refractivity contribution in [3.8, 4) is 0 Å². The molecule has 76 valence electrons. The van der Waals surface area contributed by atoms with Gasteiger partial charge in [-0.2, -0.15) is 0 Å². The van der Waals surface area contributed by atoms with Crippen molar-refractivity contribution >= 4 is 0 Å². The van der Waals surface area contributed by atoms with Crippen molar-refractivity contribution in [2.45, 2.75) is 32.0 Å². The predicted molar refractivity (Wildman–Crippen MR) is 48.2 cm³/mol. The molecule has 1 aliphatic carbocycles. The van der Waals surface area contributed by atoms with E-state index < -0.39 is 0 Å². The number of fused-ring (bicyclic) bond motifs is 1. The second kappa shape index (κ2) is 2.94. The van der Waals surface area contributed by atoms with Crippen LogP contribution < -0.4 is 0 Å². The Bertz CT molecular complexity index is 206. The zero-order valence-corrected chi connectivity index (χ0v) is 8.23. The molecule has 1 saturated heterocycles. The molecule has 0 bridgehead atoms. The average molecular weight is 186 g/mol. The van der Waals surface area contributed by atoms with Crippen LogP contribution in [-0.2, 0) is 4.74 Å². The first-order chi connectivity index (χ1) is 6.14. The van der Waals surface area contributed by atoms with Gasteiger partial charge in [0.2, 0.25) is 0 Å². The molecule has 1 aliphatic heterocycles. The number of aliphatic hydroxyl groups is 2. The van der Waals surface area contributed by atoms with Gasteiger partial charge in [-0.3, -0.25) is 0 Å². The molecule has 1 saturated carbocycles. The van der Waals surface area contributed by atoms with E-state index in [1.165, 1.54) is 0 Å². The summed E-state index contributed by atoms with van der Waals surface area (Å²) in [7, 11) is 0. The topological polar surface area (TPSA) is 49.7 Å². The van der Waals surface area contributed by atoms with E-state index in [1.807, 2.05) is 6.92 Å². The largest absolute Gasteiger partial charge is 0.396 e. The molecule has 0 spiro atoms. The number of aliphatic hydroxyl groups excluding tert-OH is 2. The van der Waals surface area contributed by atoms with Crippen LogP contribution in [0.25, 0.3) is 0 Å². The van der Waals surface area contributed by atoms with Crippen LogP contribution in [-0.4, -0.2) is 35.1 Å². The smallest absolute Gasteiger partial charge is 0.0953 e. The summed E-state index contributed by atoms with van der Waals surface area (Å²) in [5.74, 6) is 1.16. The van der Waals surface area contributed by atoms with Crippen molar-refractivity contribution in [3.05, 3.63) is 0 Å². The van der Waals surface area contributed by atoms with E-state index in [1.54, 1.807) is 0 Å². The molecule has 1 heterocycles. The highest BCUT2D eigenvalue weighted by Crippen LogP contribution is 2.56. The summed E-state index contributed by atoms with van der Waals surface area (Å²) in [6, 6.07) is 0. The maximum atomic E-state index is 9.29. The summed E-state index contributed by atoms with van der Waals surface area (Å²) >= 11 is 0. The highest BCUT2D eigenvalue weighted by molar-refractivity contribution is 5.10. The molecule has 2 N–H and O–H groups in total. The minimum atomic E-state index is -0.313. The normalized spacial score (nSPS) is 54.5. The quantitative estimate of drug-likeness (QED) is 0.656. The van der Waals surface area contributed by atoms with Crippen molar-refractivity contribution < 1.29 is 14.9 Å².